The molecule has 0 aliphatic rings. The van der Waals surface area contributed by atoms with Gasteiger partial charge in [0.25, 0.3) is 0 Å². The van der Waals surface area contributed by atoms with Gasteiger partial charge in [-0.3, -0.25) is 0 Å². The number of rotatable bonds is 6. The molecule has 96 valence electrons. The summed E-state index contributed by atoms with van der Waals surface area (Å²) in [5.74, 6) is 2.18. The van der Waals surface area contributed by atoms with E-state index in [1.807, 2.05) is 30.9 Å². The highest BCUT2D eigenvalue weighted by Gasteiger charge is 2.16. The predicted molar refractivity (Wildman–Crippen MR) is 77.7 cm³/mol. The summed E-state index contributed by atoms with van der Waals surface area (Å²) in [6, 6.07) is 4.51. The molecule has 0 spiro atoms. The highest BCUT2D eigenvalue weighted by atomic mass is 32.2. The third-order valence-corrected chi connectivity index (χ3v) is 3.69. The number of nitrogens with two attached hydrogens (primary N) is 1. The Kier molecular flexibility index (Phi) is 5.78. The predicted octanol–water partition coefficient (Wildman–Crippen LogP) is 2.68. The van der Waals surface area contributed by atoms with Crippen molar-refractivity contribution in [2.75, 3.05) is 24.0 Å². The minimum absolute atomic E-state index is 0.0221. The lowest BCUT2D eigenvalue weighted by Gasteiger charge is -2.28. The Balaban J connectivity index is 2.83. The number of thioether (sulfide) groups is 1. The maximum Gasteiger partial charge on any atom is 0.133 e. The fraction of sp³-hybridized carbons (Fsp3) is 0.615. The Bertz CT molecular complexity index is 341. The fourth-order valence-corrected chi connectivity index (χ4v) is 2.33. The van der Waals surface area contributed by atoms with Crippen molar-refractivity contribution in [3.63, 3.8) is 0 Å². The first-order chi connectivity index (χ1) is 8.07. The monoisotopic (exact) mass is 253 g/mol. The van der Waals surface area contributed by atoms with E-state index in [-0.39, 0.29) is 6.04 Å². The van der Waals surface area contributed by atoms with Crippen molar-refractivity contribution in [1.29, 1.82) is 0 Å². The third kappa shape index (κ3) is 3.89. The number of pyridine rings is 1. The minimum Gasteiger partial charge on any atom is -0.357 e. The molecule has 17 heavy (non-hydrogen) atoms. The average Bonchev–Trinajstić information content (AvgIpc) is 2.34. The summed E-state index contributed by atoms with van der Waals surface area (Å²) in [7, 11) is 2.10. The van der Waals surface area contributed by atoms with Crippen LogP contribution in [-0.4, -0.2) is 30.1 Å². The molecule has 3 nitrogen and oxygen atoms in total. The third-order valence-electron chi connectivity index (χ3n) is 3.04. The van der Waals surface area contributed by atoms with Gasteiger partial charge in [-0.25, -0.2) is 4.98 Å². The first kappa shape index (κ1) is 14.3. The van der Waals surface area contributed by atoms with Gasteiger partial charge in [-0.2, -0.15) is 11.8 Å². The molecule has 4 heteroatoms. The second-order valence-electron chi connectivity index (χ2n) is 4.45. The van der Waals surface area contributed by atoms with Crippen molar-refractivity contribution in [3.8, 4) is 0 Å². The van der Waals surface area contributed by atoms with Crippen LogP contribution in [0.25, 0.3) is 0 Å². The quantitative estimate of drug-likeness (QED) is 0.846. The van der Waals surface area contributed by atoms with Gasteiger partial charge in [0.05, 0.1) is 0 Å². The number of anilines is 1. The van der Waals surface area contributed by atoms with E-state index in [0.717, 1.165) is 17.8 Å². The molecule has 0 fully saturated rings. The van der Waals surface area contributed by atoms with Crippen molar-refractivity contribution in [1.82, 2.24) is 4.98 Å². The second kappa shape index (κ2) is 6.87. The molecule has 0 amide bonds. The summed E-state index contributed by atoms with van der Waals surface area (Å²) in [6.45, 7) is 4.23. The van der Waals surface area contributed by atoms with E-state index in [9.17, 15) is 0 Å². The number of aromatic nitrogens is 1. The van der Waals surface area contributed by atoms with E-state index >= 15 is 0 Å². The summed E-state index contributed by atoms with van der Waals surface area (Å²) < 4.78 is 0. The zero-order valence-electron chi connectivity index (χ0n) is 11.2. The Morgan fingerprint density at radius 2 is 2.18 bits per heavy atom. The zero-order valence-corrected chi connectivity index (χ0v) is 12.0. The highest BCUT2D eigenvalue weighted by molar-refractivity contribution is 7.98. The number of hydrogen-bond donors (Lipinski definition) is 1. The van der Waals surface area contributed by atoms with Crippen LogP contribution >= 0.6 is 11.8 Å². The largest absolute Gasteiger partial charge is 0.357 e. The average molecular weight is 253 g/mol. The molecule has 1 rings (SSSR count). The van der Waals surface area contributed by atoms with Crippen molar-refractivity contribution in [2.24, 2.45) is 5.73 Å². The molecule has 0 aliphatic carbocycles. The Morgan fingerprint density at radius 1 is 1.47 bits per heavy atom. The normalized spacial score (nSPS) is 14.4. The van der Waals surface area contributed by atoms with Gasteiger partial charge in [-0.05, 0) is 38.3 Å². The highest BCUT2D eigenvalue weighted by Crippen LogP contribution is 2.23. The van der Waals surface area contributed by atoms with Crippen LogP contribution < -0.4 is 10.6 Å². The van der Waals surface area contributed by atoms with Crippen molar-refractivity contribution < 1.29 is 0 Å². The van der Waals surface area contributed by atoms with E-state index in [1.165, 1.54) is 5.75 Å². The van der Waals surface area contributed by atoms with E-state index in [0.29, 0.717) is 6.04 Å². The van der Waals surface area contributed by atoms with Crippen LogP contribution in [0, 0.1) is 0 Å². The van der Waals surface area contributed by atoms with Gasteiger partial charge >= 0.3 is 0 Å². The van der Waals surface area contributed by atoms with Crippen molar-refractivity contribution in [3.05, 3.63) is 23.9 Å². The van der Waals surface area contributed by atoms with E-state index in [2.05, 4.69) is 36.2 Å². The molecule has 1 aromatic rings. The molecular formula is C13H23N3S. The van der Waals surface area contributed by atoms with Gasteiger partial charge in [0, 0.05) is 30.9 Å². The van der Waals surface area contributed by atoms with Crippen LogP contribution in [0.15, 0.2) is 18.3 Å². The van der Waals surface area contributed by atoms with Crippen LogP contribution in [0.2, 0.25) is 0 Å². The number of nitrogens with zero attached hydrogens (tertiary/aromatic N) is 2. The Hall–Kier alpha value is -0.740. The summed E-state index contributed by atoms with van der Waals surface area (Å²) in [5.41, 5.74) is 7.10. The SMILES string of the molecule is CSCCC(C)N(C)c1ncccc1[C@@H](C)N. The van der Waals surface area contributed by atoms with Crippen molar-refractivity contribution >= 4 is 17.6 Å². The molecule has 0 aromatic carbocycles. The summed E-state index contributed by atoms with van der Waals surface area (Å²) in [4.78, 5) is 6.70. The van der Waals surface area contributed by atoms with Gasteiger partial charge in [-0.1, -0.05) is 6.07 Å². The van der Waals surface area contributed by atoms with Gasteiger partial charge < -0.3 is 10.6 Å². The molecule has 1 aromatic heterocycles. The molecule has 0 radical (unpaired) electrons. The van der Waals surface area contributed by atoms with Crippen LogP contribution in [0.1, 0.15) is 31.9 Å². The first-order valence-corrected chi connectivity index (χ1v) is 7.39. The minimum atomic E-state index is 0.0221. The molecule has 0 saturated heterocycles. The van der Waals surface area contributed by atoms with Crippen molar-refractivity contribution in [2.45, 2.75) is 32.4 Å². The Morgan fingerprint density at radius 3 is 2.76 bits per heavy atom. The molecule has 0 aliphatic heterocycles. The van der Waals surface area contributed by atoms with Gasteiger partial charge in [0.2, 0.25) is 0 Å². The summed E-state index contributed by atoms with van der Waals surface area (Å²) in [6.07, 6.45) is 5.13. The smallest absolute Gasteiger partial charge is 0.133 e. The molecule has 0 saturated carbocycles. The first-order valence-electron chi connectivity index (χ1n) is 6.00. The van der Waals surface area contributed by atoms with E-state index in [4.69, 9.17) is 5.73 Å². The van der Waals surface area contributed by atoms with Crippen LogP contribution in [-0.2, 0) is 0 Å². The topological polar surface area (TPSA) is 42.2 Å². The van der Waals surface area contributed by atoms with Crippen LogP contribution in [0.5, 0.6) is 0 Å². The lowest BCUT2D eigenvalue weighted by molar-refractivity contribution is 0.653. The lowest BCUT2D eigenvalue weighted by Crippen LogP contribution is -2.31. The zero-order chi connectivity index (χ0) is 12.8. The van der Waals surface area contributed by atoms with Crippen LogP contribution in [0.4, 0.5) is 5.82 Å². The van der Waals surface area contributed by atoms with E-state index in [1.54, 1.807) is 0 Å². The van der Waals surface area contributed by atoms with Gasteiger partial charge in [0.1, 0.15) is 5.82 Å². The molecule has 2 atom stereocenters. The molecule has 0 bridgehead atoms. The maximum atomic E-state index is 5.98. The molecular weight excluding hydrogens is 230 g/mol. The van der Waals surface area contributed by atoms with Gasteiger partial charge in [-0.15, -0.1) is 0 Å². The van der Waals surface area contributed by atoms with E-state index < -0.39 is 0 Å². The summed E-state index contributed by atoms with van der Waals surface area (Å²) >= 11 is 1.88. The lowest BCUT2D eigenvalue weighted by atomic mass is 10.1. The van der Waals surface area contributed by atoms with Gasteiger partial charge in [0.15, 0.2) is 0 Å². The molecule has 2 N–H and O–H groups in total. The standard InChI is InChI=1S/C13H23N3S/c1-10(7-9-17-4)16(3)13-12(11(2)14)6-5-8-15-13/h5-6,8,10-11H,7,9,14H2,1-4H3/t10?,11-/m1/s1. The fourth-order valence-electron chi connectivity index (χ4n) is 1.75. The van der Waals surface area contributed by atoms with Crippen LogP contribution in [0.3, 0.4) is 0 Å². The summed E-state index contributed by atoms with van der Waals surface area (Å²) in [5, 5.41) is 0. The molecule has 1 heterocycles. The number of hydrogen-bond acceptors (Lipinski definition) is 4. The second-order valence-corrected chi connectivity index (χ2v) is 5.43. The molecule has 1 unspecified atom stereocenters. The Labute approximate surface area is 109 Å². The maximum absolute atomic E-state index is 5.98.